The molecule has 0 heterocycles. The fourth-order valence-corrected chi connectivity index (χ4v) is 2.36. The van der Waals surface area contributed by atoms with Gasteiger partial charge in [0, 0.05) is 0 Å². The fourth-order valence-electron chi connectivity index (χ4n) is 2.36. The molecule has 2 aromatic rings. The second-order valence-corrected chi connectivity index (χ2v) is 4.27. The third kappa shape index (κ3) is 1.38. The molecule has 0 unspecified atom stereocenters. The molecular weight excluding hydrogens is 192 g/mol. The molecule has 1 aliphatic rings. The lowest BCUT2D eigenvalue weighted by molar-refractivity contribution is 1.41. The van der Waals surface area contributed by atoms with Crippen LogP contribution < -0.4 is 0 Å². The highest BCUT2D eigenvalue weighted by Gasteiger charge is 2.07. The number of benzene rings is 2. The molecule has 2 aromatic carbocycles. The van der Waals surface area contributed by atoms with Crippen LogP contribution in [-0.2, 0) is 0 Å². The van der Waals surface area contributed by atoms with Crippen LogP contribution >= 0.6 is 0 Å². The predicted molar refractivity (Wildman–Crippen MR) is 71.3 cm³/mol. The van der Waals surface area contributed by atoms with Gasteiger partial charge in [-0.1, -0.05) is 54.6 Å². The lowest BCUT2D eigenvalue weighted by Crippen LogP contribution is -1.86. The average Bonchev–Trinajstić information content (AvgIpc) is 2.52. The highest BCUT2D eigenvalue weighted by Crippen LogP contribution is 2.30. The molecule has 0 bridgehead atoms. The Kier molecular flexibility index (Phi) is 2.14. The van der Waals surface area contributed by atoms with Gasteiger partial charge >= 0.3 is 0 Å². The number of fused-ring (bicyclic) bond motifs is 3. The van der Waals surface area contributed by atoms with Gasteiger partial charge in [0.25, 0.3) is 0 Å². The minimum Gasteiger partial charge on any atom is -0.0801 e. The van der Waals surface area contributed by atoms with E-state index >= 15 is 0 Å². The third-order valence-electron chi connectivity index (χ3n) is 3.24. The Hall–Kier alpha value is -1.82. The van der Waals surface area contributed by atoms with Crippen LogP contribution in [0.2, 0.25) is 0 Å². The molecule has 0 spiro atoms. The molecule has 0 N–H and O–H groups in total. The van der Waals surface area contributed by atoms with Gasteiger partial charge in [0.2, 0.25) is 0 Å². The van der Waals surface area contributed by atoms with Crippen molar-refractivity contribution in [1.29, 1.82) is 0 Å². The van der Waals surface area contributed by atoms with Gasteiger partial charge in [-0.3, -0.25) is 0 Å². The Balaban J connectivity index is 2.42. The normalized spacial score (nSPS) is 14.4. The summed E-state index contributed by atoms with van der Waals surface area (Å²) >= 11 is 0. The van der Waals surface area contributed by atoms with Gasteiger partial charge in [-0.05, 0) is 40.8 Å². The zero-order valence-corrected chi connectivity index (χ0v) is 9.40. The summed E-state index contributed by atoms with van der Waals surface area (Å²) in [6, 6.07) is 13.0. The number of hydrogen-bond donors (Lipinski definition) is 0. The molecule has 78 valence electrons. The van der Waals surface area contributed by atoms with Crippen molar-refractivity contribution in [3.05, 3.63) is 59.7 Å². The summed E-state index contributed by atoms with van der Waals surface area (Å²) in [5.74, 6) is 0. The van der Waals surface area contributed by atoms with Crippen molar-refractivity contribution in [2.75, 3.05) is 0 Å². The molecule has 0 aromatic heterocycles. The highest BCUT2D eigenvalue weighted by molar-refractivity contribution is 5.96. The van der Waals surface area contributed by atoms with Gasteiger partial charge in [-0.25, -0.2) is 0 Å². The Morgan fingerprint density at radius 2 is 1.88 bits per heavy atom. The summed E-state index contributed by atoms with van der Waals surface area (Å²) in [7, 11) is 0. The van der Waals surface area contributed by atoms with E-state index in [4.69, 9.17) is 0 Å². The molecule has 0 saturated carbocycles. The van der Waals surface area contributed by atoms with Crippen molar-refractivity contribution in [2.24, 2.45) is 0 Å². The van der Waals surface area contributed by atoms with Crippen LogP contribution in [0.1, 0.15) is 24.5 Å². The first kappa shape index (κ1) is 9.41. The molecule has 0 aliphatic heterocycles. The first-order chi connectivity index (χ1) is 7.86. The van der Waals surface area contributed by atoms with Gasteiger partial charge < -0.3 is 0 Å². The molecular formula is C16H14. The molecule has 0 heteroatoms. The summed E-state index contributed by atoms with van der Waals surface area (Å²) in [4.78, 5) is 0. The first-order valence-corrected chi connectivity index (χ1v) is 5.72. The largest absolute Gasteiger partial charge is 0.0801 e. The van der Waals surface area contributed by atoms with Crippen LogP contribution in [0, 0.1) is 0 Å². The summed E-state index contributed by atoms with van der Waals surface area (Å²) in [6.45, 7) is 2.20. The highest BCUT2D eigenvalue weighted by atomic mass is 14.1. The molecule has 0 fully saturated rings. The first-order valence-electron chi connectivity index (χ1n) is 5.72. The number of allylic oxidation sites excluding steroid dienone is 3. The minimum absolute atomic E-state index is 1.04. The predicted octanol–water partition coefficient (Wildman–Crippen LogP) is 4.66. The van der Waals surface area contributed by atoms with E-state index < -0.39 is 0 Å². The van der Waals surface area contributed by atoms with Crippen LogP contribution in [-0.4, -0.2) is 0 Å². The zero-order valence-electron chi connectivity index (χ0n) is 9.40. The lowest BCUT2D eigenvalue weighted by atomic mass is 9.95. The molecule has 0 nitrogen and oxygen atoms in total. The van der Waals surface area contributed by atoms with E-state index in [0.29, 0.717) is 0 Å². The van der Waals surface area contributed by atoms with Gasteiger partial charge in [-0.2, -0.15) is 0 Å². The maximum absolute atomic E-state index is 2.29. The topological polar surface area (TPSA) is 0 Å². The molecule has 3 rings (SSSR count). The molecule has 16 heavy (non-hydrogen) atoms. The van der Waals surface area contributed by atoms with Crippen LogP contribution in [0.4, 0.5) is 0 Å². The van der Waals surface area contributed by atoms with Gasteiger partial charge in [0.05, 0.1) is 0 Å². The van der Waals surface area contributed by atoms with E-state index in [1.165, 1.54) is 27.5 Å². The van der Waals surface area contributed by atoms with Crippen molar-refractivity contribution in [3.8, 4) is 0 Å². The smallest absolute Gasteiger partial charge is 0.0105 e. The summed E-state index contributed by atoms with van der Waals surface area (Å²) in [5.41, 5.74) is 4.11. The van der Waals surface area contributed by atoms with Crippen LogP contribution in [0.15, 0.2) is 48.6 Å². The molecule has 1 aliphatic carbocycles. The second-order valence-electron chi connectivity index (χ2n) is 4.27. The molecule has 0 radical (unpaired) electrons. The van der Waals surface area contributed by atoms with Gasteiger partial charge in [-0.15, -0.1) is 0 Å². The molecule has 0 atom stereocenters. The van der Waals surface area contributed by atoms with Crippen LogP contribution in [0.3, 0.4) is 0 Å². The van der Waals surface area contributed by atoms with Crippen molar-refractivity contribution in [1.82, 2.24) is 0 Å². The number of rotatable bonds is 0. The fraction of sp³-hybridized carbons (Fsp3) is 0.125. The van der Waals surface area contributed by atoms with Crippen LogP contribution in [0.25, 0.3) is 22.4 Å². The Labute approximate surface area is 95.9 Å². The maximum Gasteiger partial charge on any atom is -0.0105 e. The van der Waals surface area contributed by atoms with E-state index in [1.54, 1.807) is 0 Å². The van der Waals surface area contributed by atoms with Gasteiger partial charge in [0.15, 0.2) is 0 Å². The van der Waals surface area contributed by atoms with E-state index in [0.717, 1.165) is 6.42 Å². The van der Waals surface area contributed by atoms with E-state index in [-0.39, 0.29) is 0 Å². The van der Waals surface area contributed by atoms with Crippen molar-refractivity contribution < 1.29 is 0 Å². The van der Waals surface area contributed by atoms with E-state index in [1.807, 2.05) is 0 Å². The molecule has 0 saturated heterocycles. The van der Waals surface area contributed by atoms with Gasteiger partial charge in [0.1, 0.15) is 0 Å². The third-order valence-corrected chi connectivity index (χ3v) is 3.24. The average molecular weight is 206 g/mol. The Morgan fingerprint density at radius 3 is 2.81 bits per heavy atom. The summed E-state index contributed by atoms with van der Waals surface area (Å²) < 4.78 is 0. The summed E-state index contributed by atoms with van der Waals surface area (Å²) in [5, 5.41) is 2.67. The Bertz CT molecular complexity index is 600. The van der Waals surface area contributed by atoms with Crippen LogP contribution in [0.5, 0.6) is 0 Å². The quantitative estimate of drug-likeness (QED) is 0.588. The van der Waals surface area contributed by atoms with E-state index in [9.17, 15) is 0 Å². The lowest BCUT2D eigenvalue weighted by Gasteiger charge is -2.09. The van der Waals surface area contributed by atoms with Crippen molar-refractivity contribution in [3.63, 3.8) is 0 Å². The minimum atomic E-state index is 1.04. The monoisotopic (exact) mass is 206 g/mol. The summed E-state index contributed by atoms with van der Waals surface area (Å²) in [6.07, 6.45) is 7.82. The van der Waals surface area contributed by atoms with Crippen molar-refractivity contribution in [2.45, 2.75) is 13.3 Å². The standard InChI is InChI=1S/C16H14/c1-12-6-2-4-9-16-14(12)11-10-13-7-3-5-8-15(13)16/h3-11H,2H2,1H3. The maximum atomic E-state index is 2.29. The number of hydrogen-bond acceptors (Lipinski definition) is 0. The van der Waals surface area contributed by atoms with Crippen molar-refractivity contribution >= 4 is 22.4 Å². The second kappa shape index (κ2) is 3.64. The van der Waals surface area contributed by atoms with E-state index in [2.05, 4.69) is 61.5 Å². The SMILES string of the molecule is CC1=CCC=Cc2c1ccc1ccccc21. The Morgan fingerprint density at radius 1 is 1.00 bits per heavy atom. The zero-order chi connectivity index (χ0) is 11.0. The molecule has 0 amide bonds.